The molecule has 0 aromatic rings. The first-order valence-electron chi connectivity index (χ1n) is 6.37. The fraction of sp³-hybridized carbons (Fsp3) is 0.909. The highest BCUT2D eigenvalue weighted by Gasteiger charge is 2.33. The third kappa shape index (κ3) is 3.59. The lowest BCUT2D eigenvalue weighted by atomic mass is 10.1. The molecule has 1 aliphatic heterocycles. The quantitative estimate of drug-likeness (QED) is 0.753. The predicted molar refractivity (Wildman–Crippen MR) is 70.0 cm³/mol. The molecule has 1 aliphatic carbocycles. The minimum Gasteiger partial charge on any atom is -0.353 e. The highest BCUT2D eigenvalue weighted by atomic mass is 35.5. The molecule has 0 radical (unpaired) electrons. The topological polar surface area (TPSA) is 66.5 Å². The van der Waals surface area contributed by atoms with Gasteiger partial charge in [0.05, 0.1) is 5.75 Å². The van der Waals surface area contributed by atoms with Gasteiger partial charge in [-0.25, -0.2) is 12.7 Å². The predicted octanol–water partition coefficient (Wildman–Crippen LogP) is 0.546. The average Bonchev–Trinajstić information content (AvgIpc) is 3.13. The van der Waals surface area contributed by atoms with Crippen LogP contribution in [0.3, 0.4) is 0 Å². The van der Waals surface area contributed by atoms with Crippen molar-refractivity contribution in [3.63, 3.8) is 0 Å². The van der Waals surface area contributed by atoms with Crippen molar-refractivity contribution in [2.75, 3.05) is 24.7 Å². The molecule has 0 atom stereocenters. The summed E-state index contributed by atoms with van der Waals surface area (Å²) in [5, 5.41) is 3.00. The van der Waals surface area contributed by atoms with Crippen LogP contribution in [-0.2, 0) is 14.8 Å². The van der Waals surface area contributed by atoms with Gasteiger partial charge < -0.3 is 5.32 Å². The van der Waals surface area contributed by atoms with E-state index in [-0.39, 0.29) is 29.5 Å². The largest absolute Gasteiger partial charge is 0.353 e. The molecule has 0 bridgehead atoms. The number of hydrogen-bond acceptors (Lipinski definition) is 3. The number of alkyl halides is 1. The van der Waals surface area contributed by atoms with Crippen molar-refractivity contribution in [2.45, 2.75) is 31.7 Å². The van der Waals surface area contributed by atoms with Gasteiger partial charge in [0.1, 0.15) is 0 Å². The van der Waals surface area contributed by atoms with Gasteiger partial charge in [0.2, 0.25) is 15.9 Å². The second kappa shape index (κ2) is 5.75. The Bertz CT molecular complexity index is 401. The van der Waals surface area contributed by atoms with E-state index in [9.17, 15) is 13.2 Å². The molecular formula is C11H19ClN2O3S. The fourth-order valence-electron chi connectivity index (χ4n) is 2.17. The van der Waals surface area contributed by atoms with Crippen molar-refractivity contribution < 1.29 is 13.2 Å². The molecule has 104 valence electrons. The van der Waals surface area contributed by atoms with Crippen molar-refractivity contribution in [1.29, 1.82) is 0 Å². The van der Waals surface area contributed by atoms with Crippen molar-refractivity contribution in [3.05, 3.63) is 0 Å². The van der Waals surface area contributed by atoms with Gasteiger partial charge in [-0.1, -0.05) is 0 Å². The molecule has 0 spiro atoms. The maximum atomic E-state index is 11.8. The molecule has 1 saturated carbocycles. The Morgan fingerprint density at radius 1 is 1.22 bits per heavy atom. The summed E-state index contributed by atoms with van der Waals surface area (Å²) in [6, 6.07) is 0.126. The SMILES string of the molecule is O=C(NC1CCN(S(=O)(=O)CCCl)CC1)C1CC1. The van der Waals surface area contributed by atoms with E-state index in [0.717, 1.165) is 12.8 Å². The van der Waals surface area contributed by atoms with Crippen LogP contribution in [-0.4, -0.2) is 49.4 Å². The van der Waals surface area contributed by atoms with E-state index in [1.165, 1.54) is 4.31 Å². The second-order valence-corrected chi connectivity index (χ2v) is 7.43. The van der Waals surface area contributed by atoms with E-state index < -0.39 is 10.0 Å². The molecule has 1 amide bonds. The lowest BCUT2D eigenvalue weighted by molar-refractivity contribution is -0.123. The van der Waals surface area contributed by atoms with Crippen molar-refractivity contribution in [1.82, 2.24) is 9.62 Å². The number of sulfonamides is 1. The molecule has 18 heavy (non-hydrogen) atoms. The third-order valence-corrected chi connectivity index (χ3v) is 5.76. The number of carbonyl (C=O) groups excluding carboxylic acids is 1. The van der Waals surface area contributed by atoms with E-state index in [2.05, 4.69) is 5.32 Å². The normalized spacial score (nSPS) is 22.9. The zero-order valence-corrected chi connectivity index (χ0v) is 11.8. The molecule has 7 heteroatoms. The summed E-state index contributed by atoms with van der Waals surface area (Å²) in [5.41, 5.74) is 0. The molecule has 0 aromatic heterocycles. The maximum Gasteiger partial charge on any atom is 0.223 e. The van der Waals surface area contributed by atoms with E-state index in [1.807, 2.05) is 0 Å². The number of nitrogens with one attached hydrogen (secondary N) is 1. The van der Waals surface area contributed by atoms with Gasteiger partial charge in [-0.05, 0) is 25.7 Å². The van der Waals surface area contributed by atoms with E-state index >= 15 is 0 Å². The number of amides is 1. The molecule has 2 aliphatic rings. The lowest BCUT2D eigenvalue weighted by Gasteiger charge is -2.31. The molecule has 1 heterocycles. The lowest BCUT2D eigenvalue weighted by Crippen LogP contribution is -2.47. The smallest absolute Gasteiger partial charge is 0.223 e. The minimum atomic E-state index is -3.20. The summed E-state index contributed by atoms with van der Waals surface area (Å²) in [6.45, 7) is 0.962. The Kier molecular flexibility index (Phi) is 4.50. The molecule has 5 nitrogen and oxygen atoms in total. The average molecular weight is 295 g/mol. The number of halogens is 1. The second-order valence-electron chi connectivity index (χ2n) is 4.96. The van der Waals surface area contributed by atoms with Gasteiger partial charge in [0, 0.05) is 30.9 Å². The van der Waals surface area contributed by atoms with Crippen LogP contribution in [0.1, 0.15) is 25.7 Å². The van der Waals surface area contributed by atoms with Crippen LogP contribution in [0, 0.1) is 5.92 Å². The Morgan fingerprint density at radius 2 is 1.83 bits per heavy atom. The molecular weight excluding hydrogens is 276 g/mol. The van der Waals surface area contributed by atoms with E-state index in [4.69, 9.17) is 11.6 Å². The van der Waals surface area contributed by atoms with Gasteiger partial charge in [-0.3, -0.25) is 4.79 Å². The third-order valence-electron chi connectivity index (χ3n) is 3.48. The summed E-state index contributed by atoms with van der Waals surface area (Å²) in [4.78, 5) is 11.6. The van der Waals surface area contributed by atoms with Gasteiger partial charge in [-0.2, -0.15) is 0 Å². The Hall–Kier alpha value is -0.330. The summed E-state index contributed by atoms with van der Waals surface area (Å²) in [7, 11) is -3.20. The van der Waals surface area contributed by atoms with Crippen LogP contribution >= 0.6 is 11.6 Å². The van der Waals surface area contributed by atoms with Crippen LogP contribution in [0.4, 0.5) is 0 Å². The first-order valence-corrected chi connectivity index (χ1v) is 8.51. The number of hydrogen-bond donors (Lipinski definition) is 1. The standard InChI is InChI=1S/C11H19ClN2O3S/c12-5-8-18(16,17)14-6-3-10(4-7-14)13-11(15)9-1-2-9/h9-10H,1-8H2,(H,13,15). The van der Waals surface area contributed by atoms with Gasteiger partial charge in [-0.15, -0.1) is 11.6 Å². The van der Waals surface area contributed by atoms with Crippen LogP contribution < -0.4 is 5.32 Å². The maximum absolute atomic E-state index is 11.8. The highest BCUT2D eigenvalue weighted by molar-refractivity contribution is 7.89. The zero-order chi connectivity index (χ0) is 13.2. The van der Waals surface area contributed by atoms with Crippen molar-refractivity contribution >= 4 is 27.5 Å². The van der Waals surface area contributed by atoms with Gasteiger partial charge in [0.25, 0.3) is 0 Å². The number of piperidine rings is 1. The van der Waals surface area contributed by atoms with E-state index in [0.29, 0.717) is 25.9 Å². The van der Waals surface area contributed by atoms with Gasteiger partial charge >= 0.3 is 0 Å². The summed E-state index contributed by atoms with van der Waals surface area (Å²) < 4.78 is 25.1. The number of rotatable bonds is 5. The number of carbonyl (C=O) groups is 1. The number of nitrogens with zero attached hydrogens (tertiary/aromatic N) is 1. The Morgan fingerprint density at radius 3 is 2.33 bits per heavy atom. The molecule has 0 aromatic carbocycles. The summed E-state index contributed by atoms with van der Waals surface area (Å²) in [6.07, 6.45) is 3.38. The summed E-state index contributed by atoms with van der Waals surface area (Å²) in [5.74, 6) is 0.467. The summed E-state index contributed by atoms with van der Waals surface area (Å²) >= 11 is 5.48. The molecule has 2 rings (SSSR count). The molecule has 1 saturated heterocycles. The molecule has 1 N–H and O–H groups in total. The van der Waals surface area contributed by atoms with Crippen molar-refractivity contribution in [3.8, 4) is 0 Å². The van der Waals surface area contributed by atoms with Crippen LogP contribution in [0.25, 0.3) is 0 Å². The Labute approximate surface area is 113 Å². The zero-order valence-electron chi connectivity index (χ0n) is 10.3. The monoisotopic (exact) mass is 294 g/mol. The Balaban J connectivity index is 1.78. The minimum absolute atomic E-state index is 0.00629. The highest BCUT2D eigenvalue weighted by Crippen LogP contribution is 2.29. The first kappa shape index (κ1) is 14.1. The van der Waals surface area contributed by atoms with Gasteiger partial charge in [0.15, 0.2) is 0 Å². The molecule has 2 fully saturated rings. The first-order chi connectivity index (χ1) is 8.53. The van der Waals surface area contributed by atoms with Crippen LogP contribution in [0.15, 0.2) is 0 Å². The van der Waals surface area contributed by atoms with E-state index in [1.54, 1.807) is 0 Å². The molecule has 0 unspecified atom stereocenters. The fourth-order valence-corrected chi connectivity index (χ4v) is 3.97. The van der Waals surface area contributed by atoms with Crippen LogP contribution in [0.5, 0.6) is 0 Å². The van der Waals surface area contributed by atoms with Crippen molar-refractivity contribution in [2.24, 2.45) is 5.92 Å². The van der Waals surface area contributed by atoms with Crippen LogP contribution in [0.2, 0.25) is 0 Å².